The van der Waals surface area contributed by atoms with Crippen LogP contribution in [0.4, 0.5) is 0 Å². The molecule has 0 saturated heterocycles. The quantitative estimate of drug-likeness (QED) is 0.0146. The molecule has 0 amide bonds. The number of allylic oxidation sites excluding steroid dienone is 28. The van der Waals surface area contributed by atoms with Crippen molar-refractivity contribution >= 4 is 33.6 Å². The van der Waals surface area contributed by atoms with Gasteiger partial charge < -0.3 is 34.2 Å². The highest BCUT2D eigenvalue weighted by atomic mass is 31.2. The lowest BCUT2D eigenvalue weighted by Crippen LogP contribution is -2.30. The van der Waals surface area contributed by atoms with E-state index in [1.54, 1.807) is 0 Å². The van der Waals surface area contributed by atoms with Crippen molar-refractivity contribution in [2.45, 2.75) is 322 Å². The summed E-state index contributed by atoms with van der Waals surface area (Å²) in [6, 6.07) is 0. The minimum absolute atomic E-state index is 0.0729. The Balaban J connectivity index is 4.69. The average molecular weight is 1510 g/mol. The number of hydrogen-bond donors (Lipinski definition) is 4. The first-order chi connectivity index (χ1) is 51.2. The molecule has 0 bridgehead atoms. The van der Waals surface area contributed by atoms with Crippen molar-refractivity contribution < 1.29 is 75.8 Å². The topological polar surface area (TPSA) is 231 Å². The van der Waals surface area contributed by atoms with Crippen molar-refractivity contribution in [1.82, 2.24) is 0 Å². The molecule has 0 spiro atoms. The predicted octanol–water partition coefficient (Wildman–Crippen LogP) is 24.0. The summed E-state index contributed by atoms with van der Waals surface area (Å²) < 4.78 is 61.2. The summed E-state index contributed by atoms with van der Waals surface area (Å²) in [6.45, 7) is 2.38. The van der Waals surface area contributed by atoms with Gasteiger partial charge in [-0.25, -0.2) is 9.13 Å². The first-order valence-electron chi connectivity index (χ1n) is 40.4. The Hall–Kier alpha value is -5.09. The highest BCUT2D eigenvalue weighted by Crippen LogP contribution is 2.45. The Morgan fingerprint density at radius 2 is 0.505 bits per heavy atom. The van der Waals surface area contributed by atoms with E-state index in [2.05, 4.69) is 191 Å². The first-order valence-corrected chi connectivity index (χ1v) is 43.4. The maximum absolute atomic E-state index is 13.0. The number of carbonyl (C=O) groups excluding carboxylic acids is 3. The summed E-state index contributed by atoms with van der Waals surface area (Å²) in [5.74, 6) is -1.63. The van der Waals surface area contributed by atoms with E-state index >= 15 is 0 Å². The number of aliphatic hydroxyl groups is 2. The van der Waals surface area contributed by atoms with Gasteiger partial charge in [0.2, 0.25) is 0 Å². The molecule has 0 aromatic rings. The van der Waals surface area contributed by atoms with E-state index in [0.29, 0.717) is 19.3 Å². The largest absolute Gasteiger partial charge is 0.472 e. The van der Waals surface area contributed by atoms with Crippen LogP contribution in [0.3, 0.4) is 0 Å². The SMILES string of the molecule is CC/C=C\C/C=C\C/C=C\C/C=C\C/C=C\CCCCCCCCCCCCCC(=O)OCC(O)COP(=O)(O)OCC(O)COP(=O)(O)OCC(COC(=O)CCCCCCC/C=C\C/C=C\C/C=C\C/C=C\C/C=C\CC)OC(=O)CCCCCCC/C=C\C/C=C\C/C=C\C/C=C\CCCCC. The normalized spacial score (nSPS) is 14.8. The molecule has 0 heterocycles. The van der Waals surface area contributed by atoms with Crippen LogP contribution in [0.5, 0.6) is 0 Å². The minimum Gasteiger partial charge on any atom is -0.463 e. The molecule has 16 nitrogen and oxygen atoms in total. The lowest BCUT2D eigenvalue weighted by Gasteiger charge is -2.21. The van der Waals surface area contributed by atoms with Gasteiger partial charge in [0.25, 0.3) is 0 Å². The van der Waals surface area contributed by atoms with Gasteiger partial charge >= 0.3 is 33.6 Å². The molecule has 598 valence electrons. The molecule has 5 atom stereocenters. The average Bonchev–Trinajstić information content (AvgIpc) is 0.922. The number of phosphoric ester groups is 2. The fraction of sp³-hybridized carbons (Fsp3) is 0.644. The number of phosphoric acid groups is 2. The molecule has 0 aliphatic rings. The molecule has 0 aromatic heterocycles. The van der Waals surface area contributed by atoms with Gasteiger partial charge in [-0.05, 0) is 154 Å². The number of ether oxygens (including phenoxy) is 3. The van der Waals surface area contributed by atoms with E-state index < -0.39 is 91.5 Å². The van der Waals surface area contributed by atoms with Crippen LogP contribution in [0.15, 0.2) is 170 Å². The Bertz CT molecular complexity index is 2590. The molecule has 0 aliphatic heterocycles. The maximum atomic E-state index is 13.0. The van der Waals surface area contributed by atoms with E-state index in [1.807, 2.05) is 0 Å². The fourth-order valence-corrected chi connectivity index (χ4v) is 11.9. The minimum atomic E-state index is -4.95. The molecule has 18 heteroatoms. The summed E-state index contributed by atoms with van der Waals surface area (Å²) in [6.07, 6.45) is 99.5. The molecule has 5 unspecified atom stereocenters. The molecule has 105 heavy (non-hydrogen) atoms. The number of unbranched alkanes of at least 4 members (excludes halogenated alkanes) is 24. The molecule has 0 rings (SSSR count). The van der Waals surface area contributed by atoms with Crippen LogP contribution in [-0.2, 0) is 55.8 Å². The Labute approximate surface area is 637 Å². The van der Waals surface area contributed by atoms with Crippen LogP contribution < -0.4 is 0 Å². The van der Waals surface area contributed by atoms with Gasteiger partial charge in [-0.1, -0.05) is 300 Å². The second-order valence-electron chi connectivity index (χ2n) is 26.5. The predicted molar refractivity (Wildman–Crippen MR) is 435 cm³/mol. The van der Waals surface area contributed by atoms with E-state index in [4.69, 9.17) is 32.3 Å². The monoisotopic (exact) mass is 1510 g/mol. The van der Waals surface area contributed by atoms with E-state index in [-0.39, 0.29) is 19.3 Å². The summed E-state index contributed by atoms with van der Waals surface area (Å²) in [5, 5.41) is 20.7. The highest BCUT2D eigenvalue weighted by molar-refractivity contribution is 7.47. The Morgan fingerprint density at radius 1 is 0.276 bits per heavy atom. The third kappa shape index (κ3) is 79.8. The zero-order valence-corrected chi connectivity index (χ0v) is 67.1. The standard InChI is InChI=1S/C87H144O16P2/c1-4-7-10-13-16-19-22-25-28-31-34-37-38-39-40-41-42-45-47-49-52-55-58-61-64-67-70-73-85(90)97-76-82(88)77-99-104(93,94)100-78-83(89)79-101-105(95,96)102-81-84(103-87(92)75-72-69-66-63-60-57-54-51-48-44-36-33-30-27-24-21-18-15-12-9-6-3)80-98-86(91)74-71-68-65-62-59-56-53-50-46-43-35-32-29-26-23-20-17-14-11-8-5-2/h7-8,10-11,16-21,25-30,34-37,39-40,43-44,50-51,53-54,82-84,88-89H,4-6,9,12-15,22-24,31-33,38,41-42,45-49,52,55-81H2,1-3H3,(H,93,94)(H,95,96)/b10-7-,11-8-,19-16-,20-17-,21-18-,28-25-,29-26-,30-27-,37-34-,40-39-,43-35-,44-36-,53-50-,54-51-. The molecule has 0 aromatic carbocycles. The number of hydrogen-bond acceptors (Lipinski definition) is 14. The summed E-state index contributed by atoms with van der Waals surface area (Å²) in [5.41, 5.74) is 0. The van der Waals surface area contributed by atoms with Gasteiger partial charge in [0.1, 0.15) is 25.4 Å². The summed E-state index contributed by atoms with van der Waals surface area (Å²) in [4.78, 5) is 58.8. The lowest BCUT2D eigenvalue weighted by molar-refractivity contribution is -0.161. The van der Waals surface area contributed by atoms with Crippen molar-refractivity contribution in [3.63, 3.8) is 0 Å². The van der Waals surface area contributed by atoms with Gasteiger partial charge in [-0.2, -0.15) is 0 Å². The Kier molecular flexibility index (Phi) is 74.7. The fourth-order valence-electron chi connectivity index (χ4n) is 10.3. The third-order valence-corrected chi connectivity index (χ3v) is 18.3. The molecule has 4 N–H and O–H groups in total. The maximum Gasteiger partial charge on any atom is 0.472 e. The summed E-state index contributed by atoms with van der Waals surface area (Å²) >= 11 is 0. The van der Waals surface area contributed by atoms with Crippen LogP contribution in [0.1, 0.15) is 303 Å². The van der Waals surface area contributed by atoms with E-state index in [0.717, 1.165) is 186 Å². The van der Waals surface area contributed by atoms with Gasteiger partial charge in [0.15, 0.2) is 6.10 Å². The van der Waals surface area contributed by atoms with Crippen LogP contribution in [0.25, 0.3) is 0 Å². The van der Waals surface area contributed by atoms with Gasteiger partial charge in [0.05, 0.1) is 26.4 Å². The second-order valence-corrected chi connectivity index (χ2v) is 29.4. The smallest absolute Gasteiger partial charge is 0.463 e. The zero-order valence-electron chi connectivity index (χ0n) is 65.3. The van der Waals surface area contributed by atoms with Gasteiger partial charge in [0, 0.05) is 19.3 Å². The molecule has 0 saturated carbocycles. The van der Waals surface area contributed by atoms with E-state index in [1.165, 1.54) is 57.8 Å². The number of aliphatic hydroxyl groups excluding tert-OH is 2. The van der Waals surface area contributed by atoms with Crippen LogP contribution in [0, 0.1) is 0 Å². The highest BCUT2D eigenvalue weighted by Gasteiger charge is 2.29. The van der Waals surface area contributed by atoms with Crippen molar-refractivity contribution in [2.24, 2.45) is 0 Å². The molecule has 0 aliphatic carbocycles. The number of rotatable bonds is 75. The first kappa shape index (κ1) is 99.9. The third-order valence-electron chi connectivity index (χ3n) is 16.4. The van der Waals surface area contributed by atoms with E-state index in [9.17, 15) is 43.5 Å². The van der Waals surface area contributed by atoms with Gasteiger partial charge in [-0.15, -0.1) is 0 Å². The molecular formula is C87H144O16P2. The van der Waals surface area contributed by atoms with Crippen LogP contribution in [-0.4, -0.2) is 95.9 Å². The molecule has 0 fully saturated rings. The molecular weight excluding hydrogens is 1360 g/mol. The van der Waals surface area contributed by atoms with Crippen molar-refractivity contribution in [1.29, 1.82) is 0 Å². The lowest BCUT2D eigenvalue weighted by atomic mass is 10.0. The Morgan fingerprint density at radius 3 is 0.800 bits per heavy atom. The van der Waals surface area contributed by atoms with Crippen LogP contribution >= 0.6 is 15.6 Å². The van der Waals surface area contributed by atoms with Crippen molar-refractivity contribution in [2.75, 3.05) is 39.6 Å². The van der Waals surface area contributed by atoms with Crippen molar-refractivity contribution in [3.05, 3.63) is 170 Å². The zero-order chi connectivity index (χ0) is 76.6. The number of carbonyl (C=O) groups is 3. The van der Waals surface area contributed by atoms with Gasteiger partial charge in [-0.3, -0.25) is 32.5 Å². The molecule has 0 radical (unpaired) electrons. The van der Waals surface area contributed by atoms with Crippen molar-refractivity contribution in [3.8, 4) is 0 Å². The van der Waals surface area contributed by atoms with Crippen LogP contribution in [0.2, 0.25) is 0 Å². The second kappa shape index (κ2) is 78.5. The number of esters is 3. The summed E-state index contributed by atoms with van der Waals surface area (Å²) in [7, 11) is -9.82.